The van der Waals surface area contributed by atoms with Crippen molar-refractivity contribution >= 4 is 29.2 Å². The minimum absolute atomic E-state index is 0.0509. The van der Waals surface area contributed by atoms with E-state index in [4.69, 9.17) is 29.6 Å². The van der Waals surface area contributed by atoms with Crippen LogP contribution in [0.2, 0.25) is 0 Å². The standard InChI is InChI=1S/C14H12Cl2F4O2/c1-4-9(8(17)6-14(18,19)20)22-12(21)11-7(5-10(15)16)13(11,2)3/h1,5-7,9,11H,2-3H3/b8-6-. The maximum Gasteiger partial charge on any atom is 0.412 e. The van der Waals surface area contributed by atoms with Crippen molar-refractivity contribution in [1.82, 2.24) is 0 Å². The molecule has 0 aromatic rings. The predicted octanol–water partition coefficient (Wildman–Crippen LogP) is 4.54. The average molecular weight is 359 g/mol. The summed E-state index contributed by atoms with van der Waals surface area (Å²) in [5.74, 6) is -2.08. The Labute approximate surface area is 135 Å². The Bertz CT molecular complexity index is 554. The topological polar surface area (TPSA) is 26.3 Å². The van der Waals surface area contributed by atoms with Gasteiger partial charge in [0.15, 0.2) is 5.83 Å². The van der Waals surface area contributed by atoms with Crippen molar-refractivity contribution in [3.63, 3.8) is 0 Å². The highest BCUT2D eigenvalue weighted by atomic mass is 35.5. The third kappa shape index (κ3) is 4.65. The van der Waals surface area contributed by atoms with Crippen molar-refractivity contribution in [2.45, 2.75) is 26.1 Å². The lowest BCUT2D eigenvalue weighted by atomic mass is 10.1. The molecule has 0 N–H and O–H groups in total. The Morgan fingerprint density at radius 3 is 2.36 bits per heavy atom. The second-order valence-corrected chi connectivity index (χ2v) is 6.34. The fourth-order valence-corrected chi connectivity index (χ4v) is 2.44. The molecule has 3 atom stereocenters. The highest BCUT2D eigenvalue weighted by Gasteiger charge is 2.62. The molecule has 0 spiro atoms. The van der Waals surface area contributed by atoms with Crippen molar-refractivity contribution in [3.8, 4) is 12.3 Å². The summed E-state index contributed by atoms with van der Waals surface area (Å²) in [7, 11) is 0. The molecular formula is C14H12Cl2F4O2. The molecule has 1 fully saturated rings. The lowest BCUT2D eigenvalue weighted by molar-refractivity contribution is -0.148. The van der Waals surface area contributed by atoms with E-state index in [1.54, 1.807) is 19.8 Å². The van der Waals surface area contributed by atoms with Crippen molar-refractivity contribution in [3.05, 3.63) is 22.5 Å². The van der Waals surface area contributed by atoms with E-state index in [9.17, 15) is 22.4 Å². The molecule has 0 amide bonds. The molecule has 8 heteroatoms. The molecule has 0 bridgehead atoms. The number of esters is 1. The lowest BCUT2D eigenvalue weighted by Gasteiger charge is -2.12. The van der Waals surface area contributed by atoms with Crippen LogP contribution >= 0.6 is 23.2 Å². The number of hydrogen-bond acceptors (Lipinski definition) is 2. The van der Waals surface area contributed by atoms with E-state index in [0.717, 1.165) is 0 Å². The summed E-state index contributed by atoms with van der Waals surface area (Å²) in [6, 6.07) is 0. The molecule has 1 saturated carbocycles. The van der Waals surface area contributed by atoms with Gasteiger partial charge in [-0.3, -0.25) is 4.79 Å². The van der Waals surface area contributed by atoms with Crippen LogP contribution in [-0.4, -0.2) is 18.2 Å². The van der Waals surface area contributed by atoms with E-state index in [-0.39, 0.29) is 10.4 Å². The molecule has 2 nitrogen and oxygen atoms in total. The van der Waals surface area contributed by atoms with Crippen LogP contribution in [0.25, 0.3) is 0 Å². The molecule has 22 heavy (non-hydrogen) atoms. The molecule has 3 unspecified atom stereocenters. The Morgan fingerprint density at radius 1 is 1.41 bits per heavy atom. The number of carbonyl (C=O) groups excluding carboxylic acids is 1. The lowest BCUT2D eigenvalue weighted by Crippen LogP contribution is -2.21. The van der Waals surface area contributed by atoms with Gasteiger partial charge in [0.1, 0.15) is 4.49 Å². The molecule has 0 radical (unpaired) electrons. The monoisotopic (exact) mass is 358 g/mol. The Kier molecular flexibility index (Phi) is 5.58. The second kappa shape index (κ2) is 6.51. The van der Waals surface area contributed by atoms with Crippen LogP contribution in [0.15, 0.2) is 22.5 Å². The predicted molar refractivity (Wildman–Crippen MR) is 74.5 cm³/mol. The summed E-state index contributed by atoms with van der Waals surface area (Å²) in [6.07, 6.45) is -1.24. The van der Waals surface area contributed by atoms with Crippen molar-refractivity contribution < 1.29 is 27.1 Å². The molecule has 1 aliphatic carbocycles. The van der Waals surface area contributed by atoms with E-state index >= 15 is 0 Å². The zero-order valence-electron chi connectivity index (χ0n) is 11.5. The fraction of sp³-hybridized carbons (Fsp3) is 0.500. The average Bonchev–Trinajstić information content (AvgIpc) is 2.84. The van der Waals surface area contributed by atoms with E-state index in [1.165, 1.54) is 6.08 Å². The first-order chi connectivity index (χ1) is 9.90. The molecule has 122 valence electrons. The molecule has 0 heterocycles. The third-order valence-corrected chi connectivity index (χ3v) is 3.66. The second-order valence-electron chi connectivity index (χ2n) is 5.34. The van der Waals surface area contributed by atoms with Gasteiger partial charge in [-0.1, -0.05) is 43.0 Å². The zero-order valence-corrected chi connectivity index (χ0v) is 13.1. The first-order valence-electron chi connectivity index (χ1n) is 6.04. The zero-order chi connectivity index (χ0) is 17.3. The highest BCUT2D eigenvalue weighted by molar-refractivity contribution is 6.55. The number of carbonyl (C=O) groups is 1. The summed E-state index contributed by atoms with van der Waals surface area (Å²) in [4.78, 5) is 11.9. The summed E-state index contributed by atoms with van der Waals surface area (Å²) in [5.41, 5.74) is -0.560. The number of hydrogen-bond donors (Lipinski definition) is 0. The number of rotatable bonds is 4. The van der Waals surface area contributed by atoms with E-state index in [2.05, 4.69) is 4.74 Å². The van der Waals surface area contributed by atoms with Gasteiger partial charge >= 0.3 is 12.1 Å². The molecular weight excluding hydrogens is 347 g/mol. The molecule has 1 aliphatic rings. The Balaban J connectivity index is 2.82. The van der Waals surface area contributed by atoms with Gasteiger partial charge in [0, 0.05) is 0 Å². The summed E-state index contributed by atoms with van der Waals surface area (Å²) < 4.78 is 54.2. The van der Waals surface area contributed by atoms with Crippen LogP contribution in [0.3, 0.4) is 0 Å². The smallest absolute Gasteiger partial charge is 0.412 e. The maximum atomic E-state index is 13.4. The Hall–Kier alpha value is -1.19. The van der Waals surface area contributed by atoms with Crippen LogP contribution in [-0.2, 0) is 9.53 Å². The van der Waals surface area contributed by atoms with E-state index in [0.29, 0.717) is 0 Å². The largest absolute Gasteiger partial charge is 0.441 e. The SMILES string of the molecule is C#CC(OC(=O)C1C(C=C(Cl)Cl)C1(C)C)/C(F)=C/C(F)(F)F. The van der Waals surface area contributed by atoms with Crippen molar-refractivity contribution in [1.29, 1.82) is 0 Å². The minimum Gasteiger partial charge on any atom is -0.441 e. The van der Waals surface area contributed by atoms with E-state index < -0.39 is 41.5 Å². The quantitative estimate of drug-likeness (QED) is 0.419. The van der Waals surface area contributed by atoms with Crippen LogP contribution in [0.1, 0.15) is 13.8 Å². The van der Waals surface area contributed by atoms with E-state index in [1.807, 2.05) is 0 Å². The number of halogens is 6. The summed E-state index contributed by atoms with van der Waals surface area (Å²) >= 11 is 11.0. The van der Waals surface area contributed by atoms with Crippen molar-refractivity contribution in [2.24, 2.45) is 17.3 Å². The summed E-state index contributed by atoms with van der Waals surface area (Å²) in [6.45, 7) is 3.42. The number of ether oxygens (including phenoxy) is 1. The first kappa shape index (κ1) is 18.9. The highest BCUT2D eigenvalue weighted by Crippen LogP contribution is 2.60. The molecule has 1 rings (SSSR count). The third-order valence-electron chi connectivity index (χ3n) is 3.41. The van der Waals surface area contributed by atoms with Crippen LogP contribution < -0.4 is 0 Å². The van der Waals surface area contributed by atoms with Gasteiger partial charge in [-0.2, -0.15) is 13.2 Å². The van der Waals surface area contributed by atoms with Crippen molar-refractivity contribution in [2.75, 3.05) is 0 Å². The molecule has 0 saturated heterocycles. The van der Waals surface area contributed by atoms with Gasteiger partial charge in [0.2, 0.25) is 6.10 Å². The Morgan fingerprint density at radius 2 is 1.95 bits per heavy atom. The maximum absolute atomic E-state index is 13.4. The van der Waals surface area contributed by atoms with Gasteiger partial charge in [-0.25, -0.2) is 4.39 Å². The number of alkyl halides is 3. The number of allylic oxidation sites excluding steroid dienone is 2. The van der Waals surface area contributed by atoms with Crippen LogP contribution in [0.5, 0.6) is 0 Å². The van der Waals surface area contributed by atoms with Gasteiger partial charge in [0.05, 0.1) is 12.0 Å². The summed E-state index contributed by atoms with van der Waals surface area (Å²) in [5, 5.41) is 0. The molecule has 0 aromatic heterocycles. The van der Waals surface area contributed by atoms with Gasteiger partial charge in [-0.15, -0.1) is 6.42 Å². The number of terminal acetylenes is 1. The van der Waals surface area contributed by atoms with Gasteiger partial charge in [0.25, 0.3) is 0 Å². The van der Waals surface area contributed by atoms with Crippen LogP contribution in [0, 0.1) is 29.6 Å². The molecule has 0 aliphatic heterocycles. The fourth-order valence-electron chi connectivity index (χ4n) is 2.17. The van der Waals surface area contributed by atoms with Crippen LogP contribution in [0.4, 0.5) is 17.6 Å². The normalized spacial score (nSPS) is 25.0. The van der Waals surface area contributed by atoms with Gasteiger partial charge < -0.3 is 4.74 Å². The first-order valence-corrected chi connectivity index (χ1v) is 6.80. The van der Waals surface area contributed by atoms with Gasteiger partial charge in [-0.05, 0) is 17.4 Å². The minimum atomic E-state index is -4.90. The molecule has 0 aromatic carbocycles.